The Kier molecular flexibility index (Phi) is 4.03. The van der Waals surface area contributed by atoms with Crippen molar-refractivity contribution in [2.24, 2.45) is 5.92 Å². The number of anilines is 1. The summed E-state index contributed by atoms with van der Waals surface area (Å²) in [7, 11) is 0. The molecule has 1 amide bonds. The highest BCUT2D eigenvalue weighted by Crippen LogP contribution is 2.27. The third kappa shape index (κ3) is 2.99. The predicted octanol–water partition coefficient (Wildman–Crippen LogP) is 1.57. The van der Waals surface area contributed by atoms with E-state index in [1.165, 1.54) is 0 Å². The van der Waals surface area contributed by atoms with Crippen LogP contribution in [0.25, 0.3) is 0 Å². The second-order valence-corrected chi connectivity index (χ2v) is 6.01. The average Bonchev–Trinajstić information content (AvgIpc) is 2.89. The van der Waals surface area contributed by atoms with Crippen LogP contribution in [-0.2, 0) is 4.79 Å². The first-order chi connectivity index (χ1) is 10.2. The molecule has 1 aromatic heterocycles. The van der Waals surface area contributed by atoms with Gasteiger partial charge in [-0.05, 0) is 19.8 Å². The molecule has 1 unspecified atom stereocenters. The largest absolute Gasteiger partial charge is 0.355 e. The molecule has 1 atom stereocenters. The summed E-state index contributed by atoms with van der Waals surface area (Å²) in [5.74, 6) is 0.924. The Bertz CT molecular complexity index is 516. The first-order valence-corrected chi connectivity index (χ1v) is 7.56. The van der Waals surface area contributed by atoms with Crippen LogP contribution in [0, 0.1) is 12.8 Å². The number of aromatic nitrogens is 2. The van der Waals surface area contributed by atoms with E-state index in [0.717, 1.165) is 37.4 Å². The molecule has 3 rings (SSSR count). The number of nitrogens with zero attached hydrogens (tertiary/aromatic N) is 4. The Hall–Kier alpha value is -1.72. The second-order valence-electron chi connectivity index (χ2n) is 6.01. The van der Waals surface area contributed by atoms with Crippen molar-refractivity contribution in [2.45, 2.75) is 32.2 Å². The molecule has 0 aliphatic carbocycles. The van der Waals surface area contributed by atoms with Gasteiger partial charge in [0.2, 0.25) is 5.91 Å². The molecule has 1 aromatic rings. The fraction of sp³-hybridized carbons (Fsp3) is 0.667. The topological polar surface area (TPSA) is 49.3 Å². The summed E-state index contributed by atoms with van der Waals surface area (Å²) in [4.78, 5) is 24.7. The first-order valence-electron chi connectivity index (χ1n) is 7.56. The number of carbonyl (C=O) groups excluding carboxylic acids is 1. The van der Waals surface area contributed by atoms with E-state index in [1.54, 1.807) is 12.4 Å². The number of rotatable bonds is 3. The number of amides is 1. The molecule has 5 nitrogen and oxygen atoms in total. The highest BCUT2D eigenvalue weighted by atomic mass is 19.1. The molecule has 0 N–H and O–H groups in total. The second kappa shape index (κ2) is 5.95. The lowest BCUT2D eigenvalue weighted by atomic mass is 10.0. The van der Waals surface area contributed by atoms with E-state index in [2.05, 4.69) is 14.9 Å². The molecule has 3 heterocycles. The van der Waals surface area contributed by atoms with Crippen LogP contribution in [0.4, 0.5) is 10.2 Å². The van der Waals surface area contributed by atoms with E-state index >= 15 is 0 Å². The summed E-state index contributed by atoms with van der Waals surface area (Å²) < 4.78 is 12.7. The number of carbonyl (C=O) groups is 1. The van der Waals surface area contributed by atoms with E-state index in [1.807, 2.05) is 11.8 Å². The zero-order chi connectivity index (χ0) is 14.8. The van der Waals surface area contributed by atoms with Gasteiger partial charge in [0.05, 0.1) is 18.6 Å². The molecule has 114 valence electrons. The van der Waals surface area contributed by atoms with Gasteiger partial charge in [0, 0.05) is 44.2 Å². The summed E-state index contributed by atoms with van der Waals surface area (Å²) in [5, 5.41) is 0. The number of likely N-dealkylation sites (tertiary alicyclic amines) is 1. The summed E-state index contributed by atoms with van der Waals surface area (Å²) in [5.41, 5.74) is 0.912. The van der Waals surface area contributed by atoms with Gasteiger partial charge in [0.1, 0.15) is 5.82 Å². The molecule has 21 heavy (non-hydrogen) atoms. The lowest BCUT2D eigenvalue weighted by Crippen LogP contribution is -2.46. The van der Waals surface area contributed by atoms with Crippen LogP contribution in [0.2, 0.25) is 0 Å². The van der Waals surface area contributed by atoms with E-state index in [4.69, 9.17) is 0 Å². The third-order valence-electron chi connectivity index (χ3n) is 4.43. The van der Waals surface area contributed by atoms with Crippen LogP contribution < -0.4 is 4.90 Å². The fourth-order valence-electron chi connectivity index (χ4n) is 3.27. The van der Waals surface area contributed by atoms with Crippen molar-refractivity contribution in [2.75, 3.05) is 31.2 Å². The van der Waals surface area contributed by atoms with Crippen molar-refractivity contribution in [1.29, 1.82) is 0 Å². The SMILES string of the molecule is Cc1cncc(N2CCC(N3CC(CF)CC3=O)CC2)n1. The van der Waals surface area contributed by atoms with Gasteiger partial charge < -0.3 is 9.80 Å². The average molecular weight is 292 g/mol. The van der Waals surface area contributed by atoms with E-state index in [9.17, 15) is 9.18 Å². The molecule has 0 saturated carbocycles. The number of alkyl halides is 1. The Labute approximate surface area is 124 Å². The Morgan fingerprint density at radius 3 is 2.71 bits per heavy atom. The Morgan fingerprint density at radius 1 is 1.33 bits per heavy atom. The van der Waals surface area contributed by atoms with Crippen LogP contribution in [0.3, 0.4) is 0 Å². The predicted molar refractivity (Wildman–Crippen MR) is 77.8 cm³/mol. The van der Waals surface area contributed by atoms with Gasteiger partial charge in [-0.15, -0.1) is 0 Å². The summed E-state index contributed by atoms with van der Waals surface area (Å²) in [6.45, 7) is 3.87. The summed E-state index contributed by atoms with van der Waals surface area (Å²) in [6.07, 6.45) is 5.74. The monoisotopic (exact) mass is 292 g/mol. The van der Waals surface area contributed by atoms with Crippen molar-refractivity contribution >= 4 is 11.7 Å². The quantitative estimate of drug-likeness (QED) is 0.848. The summed E-state index contributed by atoms with van der Waals surface area (Å²) in [6, 6.07) is 0.253. The van der Waals surface area contributed by atoms with Gasteiger partial charge in [-0.25, -0.2) is 4.98 Å². The van der Waals surface area contributed by atoms with Crippen molar-refractivity contribution in [3.8, 4) is 0 Å². The van der Waals surface area contributed by atoms with Gasteiger partial charge in [0.15, 0.2) is 0 Å². The van der Waals surface area contributed by atoms with E-state index in [-0.39, 0.29) is 24.5 Å². The maximum absolute atomic E-state index is 12.7. The molecule has 0 bridgehead atoms. The minimum absolute atomic E-state index is 0.0989. The molecule has 2 aliphatic rings. The molecule has 6 heteroatoms. The molecular formula is C15H21FN4O. The van der Waals surface area contributed by atoms with Gasteiger partial charge in [-0.1, -0.05) is 0 Å². The maximum atomic E-state index is 12.7. The van der Waals surface area contributed by atoms with Crippen molar-refractivity contribution < 1.29 is 9.18 Å². The van der Waals surface area contributed by atoms with Crippen molar-refractivity contribution in [1.82, 2.24) is 14.9 Å². The number of halogens is 1. The number of hydrogen-bond acceptors (Lipinski definition) is 4. The summed E-state index contributed by atoms with van der Waals surface area (Å²) >= 11 is 0. The van der Waals surface area contributed by atoms with E-state index in [0.29, 0.717) is 13.0 Å². The molecule has 2 aliphatic heterocycles. The van der Waals surface area contributed by atoms with Crippen LogP contribution in [-0.4, -0.2) is 53.1 Å². The first kappa shape index (κ1) is 14.2. The van der Waals surface area contributed by atoms with Crippen LogP contribution in [0.1, 0.15) is 25.0 Å². The Balaban J connectivity index is 1.59. The molecular weight excluding hydrogens is 271 g/mol. The number of aryl methyl sites for hydroxylation is 1. The van der Waals surface area contributed by atoms with E-state index < -0.39 is 0 Å². The lowest BCUT2D eigenvalue weighted by Gasteiger charge is -2.37. The van der Waals surface area contributed by atoms with Gasteiger partial charge in [-0.3, -0.25) is 14.2 Å². The minimum Gasteiger partial charge on any atom is -0.355 e. The minimum atomic E-state index is -0.389. The normalized spacial score (nSPS) is 23.9. The molecule has 2 fully saturated rings. The van der Waals surface area contributed by atoms with Gasteiger partial charge in [-0.2, -0.15) is 0 Å². The van der Waals surface area contributed by atoms with Gasteiger partial charge in [0.25, 0.3) is 0 Å². The molecule has 0 aromatic carbocycles. The van der Waals surface area contributed by atoms with Crippen molar-refractivity contribution in [3.63, 3.8) is 0 Å². The molecule has 0 radical (unpaired) electrons. The zero-order valence-corrected chi connectivity index (χ0v) is 12.3. The smallest absolute Gasteiger partial charge is 0.223 e. The van der Waals surface area contributed by atoms with Gasteiger partial charge >= 0.3 is 0 Å². The Morgan fingerprint density at radius 2 is 2.10 bits per heavy atom. The lowest BCUT2D eigenvalue weighted by molar-refractivity contribution is -0.130. The fourth-order valence-corrected chi connectivity index (χ4v) is 3.27. The number of hydrogen-bond donors (Lipinski definition) is 0. The molecule has 0 spiro atoms. The standard InChI is InChI=1S/C15H21FN4O/c1-11-8-17-9-14(18-11)19-4-2-13(3-5-19)20-10-12(7-16)6-15(20)21/h8-9,12-13H,2-7,10H2,1H3. The highest BCUT2D eigenvalue weighted by Gasteiger charge is 2.35. The van der Waals surface area contributed by atoms with Crippen molar-refractivity contribution in [3.05, 3.63) is 18.1 Å². The van der Waals surface area contributed by atoms with Crippen LogP contribution in [0.15, 0.2) is 12.4 Å². The highest BCUT2D eigenvalue weighted by molar-refractivity contribution is 5.79. The third-order valence-corrected chi connectivity index (χ3v) is 4.43. The number of piperidine rings is 1. The zero-order valence-electron chi connectivity index (χ0n) is 12.3. The molecule has 2 saturated heterocycles. The van der Waals surface area contributed by atoms with Crippen LogP contribution >= 0.6 is 0 Å². The maximum Gasteiger partial charge on any atom is 0.223 e. The van der Waals surface area contributed by atoms with Crippen LogP contribution in [0.5, 0.6) is 0 Å².